The molecule has 0 bridgehead atoms. The third-order valence-electron chi connectivity index (χ3n) is 5.88. The molecule has 3 heterocycles. The molecule has 1 aliphatic heterocycles. The van der Waals surface area contributed by atoms with E-state index >= 15 is 0 Å². The van der Waals surface area contributed by atoms with Crippen LogP contribution < -0.4 is 31.6 Å². The fourth-order valence-corrected chi connectivity index (χ4v) is 4.28. The van der Waals surface area contributed by atoms with Crippen LogP contribution >= 0.6 is 0 Å². The molecule has 1 aromatic carbocycles. The fourth-order valence-electron chi connectivity index (χ4n) is 4.28. The second-order valence-corrected chi connectivity index (χ2v) is 8.68. The molecule has 39 heavy (non-hydrogen) atoms. The average molecular weight is 544 g/mol. The number of halogens is 1. The maximum atomic E-state index is 14.5. The van der Waals surface area contributed by atoms with Crippen LogP contribution in [0.2, 0.25) is 0 Å². The lowest BCUT2D eigenvalue weighted by Gasteiger charge is -2.15. The molecular formula is C24H25FN6O8. The maximum absolute atomic E-state index is 14.5. The van der Waals surface area contributed by atoms with Gasteiger partial charge in [-0.3, -0.25) is 14.4 Å². The van der Waals surface area contributed by atoms with Crippen molar-refractivity contribution in [2.45, 2.75) is 19.3 Å². The fraction of sp³-hybridized carbons (Fsp3) is 0.333. The molecule has 15 heteroatoms. The van der Waals surface area contributed by atoms with Crippen molar-refractivity contribution < 1.29 is 37.8 Å². The maximum Gasteiger partial charge on any atom is 0.425 e. The van der Waals surface area contributed by atoms with Gasteiger partial charge < -0.3 is 35.4 Å². The Bertz CT molecular complexity index is 1440. The number of nitrogens with one attached hydrogen (secondary N) is 2. The highest BCUT2D eigenvalue weighted by Crippen LogP contribution is 2.32. The minimum Gasteiger partial charge on any atom is -0.484 e. The van der Waals surface area contributed by atoms with Crippen molar-refractivity contribution in [3.63, 3.8) is 0 Å². The monoisotopic (exact) mass is 544 g/mol. The summed E-state index contributed by atoms with van der Waals surface area (Å²) in [5.41, 5.74) is 6.59. The van der Waals surface area contributed by atoms with E-state index in [1.165, 1.54) is 23.0 Å². The van der Waals surface area contributed by atoms with Crippen molar-refractivity contribution in [2.75, 3.05) is 31.6 Å². The lowest BCUT2D eigenvalue weighted by molar-refractivity contribution is -0.123. The zero-order valence-corrected chi connectivity index (χ0v) is 20.5. The molecule has 0 saturated heterocycles. The molecule has 5 N–H and O–H groups in total. The van der Waals surface area contributed by atoms with E-state index in [2.05, 4.69) is 20.6 Å². The molecule has 1 atom stereocenters. The number of primary amides is 1. The van der Waals surface area contributed by atoms with E-state index in [4.69, 9.17) is 29.5 Å². The third-order valence-corrected chi connectivity index (χ3v) is 5.88. The van der Waals surface area contributed by atoms with E-state index < -0.39 is 11.7 Å². The Labute approximate surface area is 219 Å². The van der Waals surface area contributed by atoms with Gasteiger partial charge in [0.15, 0.2) is 24.8 Å². The summed E-state index contributed by atoms with van der Waals surface area (Å²) in [7, 11) is 0. The molecule has 2 amide bonds. The second-order valence-electron chi connectivity index (χ2n) is 8.68. The molecule has 5 rings (SSSR count). The van der Waals surface area contributed by atoms with Crippen molar-refractivity contribution >= 4 is 24.1 Å². The normalized spacial score (nSPS) is 15.2. The molecule has 0 spiro atoms. The number of nitrogens with two attached hydrogens (primary N) is 1. The number of hydrogen-bond acceptors (Lipinski definition) is 10. The highest BCUT2D eigenvalue weighted by atomic mass is 19.1. The summed E-state index contributed by atoms with van der Waals surface area (Å²) < 4.78 is 31.4. The lowest BCUT2D eigenvalue weighted by Crippen LogP contribution is -2.27. The molecule has 1 unspecified atom stereocenters. The number of ether oxygens (including phenoxy) is 2. The molecule has 0 saturated carbocycles. The Morgan fingerprint density at radius 3 is 2.92 bits per heavy atom. The summed E-state index contributed by atoms with van der Waals surface area (Å²) in [5.74, 6) is -0.511. The number of carbonyl (C=O) groups excluding carboxylic acids is 2. The van der Waals surface area contributed by atoms with Crippen molar-refractivity contribution in [3.8, 4) is 17.4 Å². The number of amides is 2. The minimum atomic E-state index is -0.626. The Kier molecular flexibility index (Phi) is 8.50. The highest BCUT2D eigenvalue weighted by Gasteiger charge is 2.25. The molecule has 2 aromatic heterocycles. The molecule has 1 aliphatic carbocycles. The topological polar surface area (TPSA) is 201 Å². The summed E-state index contributed by atoms with van der Waals surface area (Å²) in [6.07, 6.45) is 4.60. The summed E-state index contributed by atoms with van der Waals surface area (Å²) in [6, 6.07) is 3.03. The average Bonchev–Trinajstić information content (AvgIpc) is 3.48. The van der Waals surface area contributed by atoms with Gasteiger partial charge in [-0.1, -0.05) is 0 Å². The van der Waals surface area contributed by atoms with E-state index in [9.17, 15) is 18.8 Å². The number of fused-ring (bicyclic) bond motifs is 2. The largest absolute Gasteiger partial charge is 0.484 e. The van der Waals surface area contributed by atoms with Crippen molar-refractivity contribution in [1.82, 2.24) is 19.9 Å². The van der Waals surface area contributed by atoms with Gasteiger partial charge in [0.25, 0.3) is 24.2 Å². The van der Waals surface area contributed by atoms with Crippen LogP contribution in [0.4, 0.5) is 10.2 Å². The minimum absolute atomic E-state index is 0.139. The molecule has 3 aromatic rings. The first kappa shape index (κ1) is 27.3. The number of oxazole rings is 1. The highest BCUT2D eigenvalue weighted by molar-refractivity contribution is 5.93. The van der Waals surface area contributed by atoms with Gasteiger partial charge >= 0.3 is 5.76 Å². The number of carboxylic acid groups (broad SMARTS) is 1. The van der Waals surface area contributed by atoms with Crippen LogP contribution in [0.25, 0.3) is 5.82 Å². The summed E-state index contributed by atoms with van der Waals surface area (Å²) in [4.78, 5) is 51.3. The molecule has 14 nitrogen and oxygen atoms in total. The molecule has 206 valence electrons. The number of benzene rings is 1. The van der Waals surface area contributed by atoms with Crippen molar-refractivity contribution in [2.24, 2.45) is 11.7 Å². The first-order chi connectivity index (χ1) is 18.8. The summed E-state index contributed by atoms with van der Waals surface area (Å²) in [5, 5.41) is 12.8. The van der Waals surface area contributed by atoms with E-state index in [-0.39, 0.29) is 60.6 Å². The Hall–Kier alpha value is -4.79. The summed E-state index contributed by atoms with van der Waals surface area (Å²) >= 11 is 0. The van der Waals surface area contributed by atoms with Crippen LogP contribution in [0.1, 0.15) is 16.9 Å². The van der Waals surface area contributed by atoms with Gasteiger partial charge in [0.1, 0.15) is 17.3 Å². The van der Waals surface area contributed by atoms with Crippen LogP contribution in [0, 0.1) is 11.7 Å². The number of hydrogen-bond donors (Lipinski definition) is 4. The van der Waals surface area contributed by atoms with Crippen LogP contribution in [-0.4, -0.2) is 64.2 Å². The van der Waals surface area contributed by atoms with Gasteiger partial charge in [0, 0.05) is 19.0 Å². The molecule has 0 fully saturated rings. The zero-order valence-electron chi connectivity index (χ0n) is 20.5. The Morgan fingerprint density at radius 1 is 1.36 bits per heavy atom. The van der Waals surface area contributed by atoms with Crippen molar-refractivity contribution in [1.29, 1.82) is 0 Å². The van der Waals surface area contributed by atoms with Gasteiger partial charge in [0.2, 0.25) is 0 Å². The van der Waals surface area contributed by atoms with Gasteiger partial charge in [0.05, 0.1) is 12.4 Å². The predicted molar refractivity (Wildman–Crippen MR) is 131 cm³/mol. The smallest absolute Gasteiger partial charge is 0.425 e. The van der Waals surface area contributed by atoms with Crippen molar-refractivity contribution in [3.05, 3.63) is 57.8 Å². The molecule has 0 radical (unpaired) electrons. The zero-order chi connectivity index (χ0) is 27.9. The van der Waals surface area contributed by atoms with Crippen LogP contribution in [0.3, 0.4) is 0 Å². The van der Waals surface area contributed by atoms with E-state index in [1.807, 2.05) is 0 Å². The SMILES string of the molecule is NC(=O)COc1cc(F)c2c(c1)CC(CNCCc1cn(-c3cnc4c(n3)NC(=O)CO4)c(=O)o1)C2.O=CO. The Balaban J connectivity index is 0.00000112. The standard InChI is InChI=1S/C23H23FN6O6.CH2O2/c24-17-6-15(34-10-18(25)31)5-13-3-12(4-16(13)17)7-26-2-1-14-9-30(23(33)36-14)19-8-27-22-21(28-19)29-20(32)11-35-22;2-1-3/h5-6,8-9,12,26H,1-4,7,10-11H2,(H2,25,31)(H,28,29,32);1H,(H,2,3). The van der Waals surface area contributed by atoms with Crippen LogP contribution in [0.15, 0.2) is 33.7 Å². The third kappa shape index (κ3) is 6.75. The first-order valence-electron chi connectivity index (χ1n) is 11.8. The quantitative estimate of drug-likeness (QED) is 0.205. The first-order valence-corrected chi connectivity index (χ1v) is 11.8. The van der Waals surface area contributed by atoms with E-state index in [0.717, 1.165) is 5.56 Å². The molecular weight excluding hydrogens is 519 g/mol. The number of rotatable bonds is 9. The summed E-state index contributed by atoms with van der Waals surface area (Å²) in [6.45, 7) is 0.491. The number of nitrogens with zero attached hydrogens (tertiary/aromatic N) is 3. The second kappa shape index (κ2) is 12.2. The number of aromatic nitrogens is 3. The lowest BCUT2D eigenvalue weighted by atomic mass is 10.1. The van der Waals surface area contributed by atoms with Crippen LogP contribution in [0.5, 0.6) is 11.6 Å². The Morgan fingerprint density at radius 2 is 2.15 bits per heavy atom. The van der Waals surface area contributed by atoms with E-state index in [0.29, 0.717) is 43.7 Å². The number of anilines is 1. The van der Waals surface area contributed by atoms with Gasteiger partial charge in [-0.15, -0.1) is 0 Å². The number of carbonyl (C=O) groups is 3. The predicted octanol–water partition coefficient (Wildman–Crippen LogP) is -0.197. The van der Waals surface area contributed by atoms with Gasteiger partial charge in [-0.2, -0.15) is 0 Å². The van der Waals surface area contributed by atoms with Gasteiger partial charge in [-0.05, 0) is 42.5 Å². The van der Waals surface area contributed by atoms with Gasteiger partial charge in [-0.25, -0.2) is 23.7 Å². The van der Waals surface area contributed by atoms with Crippen LogP contribution in [-0.2, 0) is 33.6 Å². The molecule has 2 aliphatic rings. The van der Waals surface area contributed by atoms with E-state index in [1.54, 1.807) is 6.07 Å².